The summed E-state index contributed by atoms with van der Waals surface area (Å²) >= 11 is 0. The lowest BCUT2D eigenvalue weighted by molar-refractivity contribution is -0.137. The number of ether oxygens (including phenoxy) is 1. The number of benzene rings is 1. The van der Waals surface area contributed by atoms with E-state index in [9.17, 15) is 4.79 Å². The Balaban J connectivity index is 1.36. The lowest BCUT2D eigenvalue weighted by Crippen LogP contribution is -2.42. The van der Waals surface area contributed by atoms with Crippen LogP contribution in [0.2, 0.25) is 0 Å². The van der Waals surface area contributed by atoms with Gasteiger partial charge in [-0.05, 0) is 37.2 Å². The second kappa shape index (κ2) is 7.77. The number of amides is 1. The van der Waals surface area contributed by atoms with Gasteiger partial charge in [0, 0.05) is 25.6 Å². The van der Waals surface area contributed by atoms with Crippen LogP contribution in [-0.2, 0) is 16.1 Å². The van der Waals surface area contributed by atoms with E-state index in [-0.39, 0.29) is 0 Å². The maximum atomic E-state index is 12.4. The highest BCUT2D eigenvalue weighted by atomic mass is 16.5. The minimum atomic E-state index is 0.325. The van der Waals surface area contributed by atoms with E-state index < -0.39 is 0 Å². The second-order valence-corrected chi connectivity index (χ2v) is 6.75. The molecule has 3 nitrogen and oxygen atoms in total. The summed E-state index contributed by atoms with van der Waals surface area (Å²) in [6, 6.07) is 10.3. The first-order valence-corrected chi connectivity index (χ1v) is 8.73. The van der Waals surface area contributed by atoms with Gasteiger partial charge in [-0.1, -0.05) is 43.2 Å². The molecule has 2 fully saturated rings. The molecule has 0 aromatic heterocycles. The third-order valence-electron chi connectivity index (χ3n) is 5.10. The Labute approximate surface area is 133 Å². The average molecular weight is 301 g/mol. The number of nitrogens with zero attached hydrogens (tertiary/aromatic N) is 1. The molecule has 1 heterocycles. The zero-order chi connectivity index (χ0) is 15.2. The summed E-state index contributed by atoms with van der Waals surface area (Å²) in [5, 5.41) is 0. The molecular formula is C19H27NO2. The topological polar surface area (TPSA) is 29.5 Å². The molecule has 1 aliphatic heterocycles. The lowest BCUT2D eigenvalue weighted by atomic mass is 9.96. The molecule has 22 heavy (non-hydrogen) atoms. The highest BCUT2D eigenvalue weighted by Gasteiger charge is 2.29. The van der Waals surface area contributed by atoms with Gasteiger partial charge in [-0.2, -0.15) is 0 Å². The van der Waals surface area contributed by atoms with E-state index in [0.717, 1.165) is 45.4 Å². The van der Waals surface area contributed by atoms with Gasteiger partial charge >= 0.3 is 0 Å². The van der Waals surface area contributed by atoms with Crippen molar-refractivity contribution in [1.82, 2.24) is 4.90 Å². The molecule has 0 spiro atoms. The van der Waals surface area contributed by atoms with Crippen LogP contribution in [0.3, 0.4) is 0 Å². The maximum absolute atomic E-state index is 12.4. The normalized spacial score (nSPS) is 20.5. The number of rotatable bonds is 5. The maximum Gasteiger partial charge on any atom is 0.225 e. The smallest absolute Gasteiger partial charge is 0.225 e. The minimum Gasteiger partial charge on any atom is -0.376 e. The van der Waals surface area contributed by atoms with Crippen LogP contribution in [0.1, 0.15) is 44.1 Å². The van der Waals surface area contributed by atoms with Crippen LogP contribution in [0.25, 0.3) is 0 Å². The predicted molar refractivity (Wildman–Crippen MR) is 87.4 cm³/mol. The third-order valence-corrected chi connectivity index (χ3v) is 5.10. The standard InChI is InChI=1S/C19H27NO2/c21-19(18-8-4-5-9-18)20-12-10-17(11-13-20)15-22-14-16-6-2-1-3-7-16/h1-3,6-7,17-18H,4-5,8-15H2. The van der Waals surface area contributed by atoms with E-state index in [1.807, 2.05) is 18.2 Å². The number of carbonyl (C=O) groups excluding carboxylic acids is 1. The second-order valence-electron chi connectivity index (χ2n) is 6.75. The van der Waals surface area contributed by atoms with Gasteiger partial charge in [-0.25, -0.2) is 0 Å². The lowest BCUT2D eigenvalue weighted by Gasteiger charge is -2.33. The summed E-state index contributed by atoms with van der Waals surface area (Å²) < 4.78 is 5.85. The summed E-state index contributed by atoms with van der Waals surface area (Å²) in [5.41, 5.74) is 1.23. The average Bonchev–Trinajstić information content (AvgIpc) is 3.10. The number of likely N-dealkylation sites (tertiary alicyclic amines) is 1. The first-order valence-electron chi connectivity index (χ1n) is 8.73. The van der Waals surface area contributed by atoms with E-state index >= 15 is 0 Å². The SMILES string of the molecule is O=C(C1CCCC1)N1CCC(COCc2ccccc2)CC1. The van der Waals surface area contributed by atoms with Gasteiger partial charge in [0.1, 0.15) is 0 Å². The molecule has 120 valence electrons. The van der Waals surface area contributed by atoms with Crippen LogP contribution in [0.15, 0.2) is 30.3 Å². The summed E-state index contributed by atoms with van der Waals surface area (Å²) in [5.74, 6) is 1.35. The summed E-state index contributed by atoms with van der Waals surface area (Å²) in [6.45, 7) is 3.37. The number of carbonyl (C=O) groups is 1. The van der Waals surface area contributed by atoms with Crippen LogP contribution in [0.5, 0.6) is 0 Å². The highest BCUT2D eigenvalue weighted by Crippen LogP contribution is 2.28. The van der Waals surface area contributed by atoms with Gasteiger partial charge in [-0.15, -0.1) is 0 Å². The van der Waals surface area contributed by atoms with Crippen LogP contribution in [-0.4, -0.2) is 30.5 Å². The third kappa shape index (κ3) is 4.10. The summed E-state index contributed by atoms with van der Waals surface area (Å²) in [4.78, 5) is 14.5. The fourth-order valence-corrected chi connectivity index (χ4v) is 3.67. The Morgan fingerprint density at radius 2 is 1.73 bits per heavy atom. The monoisotopic (exact) mass is 301 g/mol. The van der Waals surface area contributed by atoms with E-state index in [1.54, 1.807) is 0 Å². The molecule has 3 heteroatoms. The molecule has 2 aliphatic rings. The molecule has 0 unspecified atom stereocenters. The van der Waals surface area contributed by atoms with Gasteiger partial charge in [0.25, 0.3) is 0 Å². The number of piperidine rings is 1. The Bertz CT molecular complexity index is 460. The first kappa shape index (κ1) is 15.5. The van der Waals surface area contributed by atoms with Crippen LogP contribution >= 0.6 is 0 Å². The highest BCUT2D eigenvalue weighted by molar-refractivity contribution is 5.79. The molecule has 1 saturated carbocycles. The van der Waals surface area contributed by atoms with Gasteiger partial charge in [-0.3, -0.25) is 4.79 Å². The van der Waals surface area contributed by atoms with E-state index in [0.29, 0.717) is 24.3 Å². The van der Waals surface area contributed by atoms with Crippen molar-refractivity contribution in [3.63, 3.8) is 0 Å². The van der Waals surface area contributed by atoms with Gasteiger partial charge < -0.3 is 9.64 Å². The fourth-order valence-electron chi connectivity index (χ4n) is 3.67. The molecule has 0 atom stereocenters. The van der Waals surface area contributed by atoms with E-state index in [2.05, 4.69) is 17.0 Å². The fraction of sp³-hybridized carbons (Fsp3) is 0.632. The molecule has 1 aromatic carbocycles. The van der Waals surface area contributed by atoms with Crippen molar-refractivity contribution < 1.29 is 9.53 Å². The molecule has 1 aromatic rings. The Morgan fingerprint density at radius 3 is 2.41 bits per heavy atom. The van der Waals surface area contributed by atoms with E-state index in [4.69, 9.17) is 4.74 Å². The van der Waals surface area contributed by atoms with Crippen molar-refractivity contribution in [2.45, 2.75) is 45.1 Å². The summed E-state index contributed by atoms with van der Waals surface area (Å²) in [7, 11) is 0. The van der Waals surface area contributed by atoms with Gasteiger partial charge in [0.2, 0.25) is 5.91 Å². The van der Waals surface area contributed by atoms with Gasteiger partial charge in [0.05, 0.1) is 6.61 Å². The number of hydrogen-bond donors (Lipinski definition) is 0. The Morgan fingerprint density at radius 1 is 1.05 bits per heavy atom. The molecule has 1 saturated heterocycles. The zero-order valence-corrected chi connectivity index (χ0v) is 13.4. The van der Waals surface area contributed by atoms with Crippen molar-refractivity contribution in [2.24, 2.45) is 11.8 Å². The summed E-state index contributed by atoms with van der Waals surface area (Å²) in [6.07, 6.45) is 6.87. The van der Waals surface area contributed by atoms with Gasteiger partial charge in [0.15, 0.2) is 0 Å². The molecule has 0 radical (unpaired) electrons. The largest absolute Gasteiger partial charge is 0.376 e. The molecular weight excluding hydrogens is 274 g/mol. The molecule has 3 rings (SSSR count). The van der Waals surface area contributed by atoms with Crippen molar-refractivity contribution in [3.8, 4) is 0 Å². The predicted octanol–water partition coefficient (Wildman–Crippen LogP) is 3.63. The molecule has 0 N–H and O–H groups in total. The van der Waals surface area contributed by atoms with Crippen LogP contribution < -0.4 is 0 Å². The Kier molecular flexibility index (Phi) is 5.49. The van der Waals surface area contributed by atoms with Crippen molar-refractivity contribution in [1.29, 1.82) is 0 Å². The van der Waals surface area contributed by atoms with Crippen LogP contribution in [0.4, 0.5) is 0 Å². The van der Waals surface area contributed by atoms with Crippen molar-refractivity contribution >= 4 is 5.91 Å². The molecule has 1 aliphatic carbocycles. The van der Waals surface area contributed by atoms with Crippen molar-refractivity contribution in [2.75, 3.05) is 19.7 Å². The zero-order valence-electron chi connectivity index (χ0n) is 13.4. The van der Waals surface area contributed by atoms with Crippen molar-refractivity contribution in [3.05, 3.63) is 35.9 Å². The number of hydrogen-bond acceptors (Lipinski definition) is 2. The molecule has 1 amide bonds. The molecule has 0 bridgehead atoms. The van der Waals surface area contributed by atoms with E-state index in [1.165, 1.54) is 18.4 Å². The minimum absolute atomic E-state index is 0.325. The van der Waals surface area contributed by atoms with Crippen LogP contribution in [0, 0.1) is 11.8 Å². The first-order chi connectivity index (χ1) is 10.8. The Hall–Kier alpha value is -1.35. The quantitative estimate of drug-likeness (QED) is 0.831.